The second kappa shape index (κ2) is 4.32. The highest BCUT2D eigenvalue weighted by molar-refractivity contribution is 6.30. The molecule has 0 aliphatic heterocycles. The molecule has 0 radical (unpaired) electrons. The van der Waals surface area contributed by atoms with Gasteiger partial charge in [-0.25, -0.2) is 0 Å². The predicted molar refractivity (Wildman–Crippen MR) is 58.9 cm³/mol. The lowest BCUT2D eigenvalue weighted by atomic mass is 10.2. The molecule has 2 aromatic rings. The molecule has 0 bridgehead atoms. The van der Waals surface area contributed by atoms with Gasteiger partial charge < -0.3 is 9.21 Å². The van der Waals surface area contributed by atoms with Crippen LogP contribution in [0.25, 0.3) is 11.3 Å². The summed E-state index contributed by atoms with van der Waals surface area (Å²) in [5.41, 5.74) is 0.916. The van der Waals surface area contributed by atoms with E-state index < -0.39 is 0 Å². The van der Waals surface area contributed by atoms with E-state index in [0.717, 1.165) is 17.6 Å². The molecule has 76 valence electrons. The summed E-state index contributed by atoms with van der Waals surface area (Å²) in [7, 11) is 0. The maximum absolute atomic E-state index is 10.3. The first-order chi connectivity index (χ1) is 7.29. The van der Waals surface area contributed by atoms with Crippen LogP contribution in [0.4, 0.5) is 0 Å². The van der Waals surface area contributed by atoms with E-state index in [4.69, 9.17) is 16.0 Å². The van der Waals surface area contributed by atoms with Gasteiger partial charge in [-0.1, -0.05) is 23.7 Å². The van der Waals surface area contributed by atoms with E-state index in [-0.39, 0.29) is 0 Å². The fourth-order valence-corrected chi connectivity index (χ4v) is 1.56. The summed E-state index contributed by atoms with van der Waals surface area (Å²) >= 11 is 5.86. The van der Waals surface area contributed by atoms with E-state index in [0.29, 0.717) is 17.2 Å². The summed E-state index contributed by atoms with van der Waals surface area (Å²) in [6.45, 7) is 0. The molecule has 2 nitrogen and oxygen atoms in total. The number of halogens is 1. The smallest absolute Gasteiger partial charge is 0.134 e. The van der Waals surface area contributed by atoms with Crippen LogP contribution >= 0.6 is 11.6 Å². The lowest BCUT2D eigenvalue weighted by molar-refractivity contribution is -0.107. The van der Waals surface area contributed by atoms with Crippen LogP contribution in [0, 0.1) is 0 Å². The van der Waals surface area contributed by atoms with Gasteiger partial charge in [-0.3, -0.25) is 0 Å². The summed E-state index contributed by atoms with van der Waals surface area (Å²) < 4.78 is 5.48. The van der Waals surface area contributed by atoms with Crippen molar-refractivity contribution in [2.24, 2.45) is 0 Å². The predicted octanol–water partition coefficient (Wildman–Crippen LogP) is 3.34. The molecular weight excluding hydrogens is 212 g/mol. The minimum absolute atomic E-state index is 0.306. The number of aldehydes is 1. The lowest BCUT2D eigenvalue weighted by Crippen LogP contribution is -1.79. The van der Waals surface area contributed by atoms with Crippen molar-refractivity contribution in [3.05, 3.63) is 47.2 Å². The average molecular weight is 221 g/mol. The van der Waals surface area contributed by atoms with Crippen LogP contribution in [0.2, 0.25) is 5.02 Å². The zero-order valence-electron chi connectivity index (χ0n) is 7.94. The van der Waals surface area contributed by atoms with Crippen molar-refractivity contribution < 1.29 is 9.21 Å². The van der Waals surface area contributed by atoms with Gasteiger partial charge in [0.05, 0.1) is 6.42 Å². The Labute approximate surface area is 92.5 Å². The molecule has 0 N–H and O–H groups in total. The van der Waals surface area contributed by atoms with Crippen LogP contribution in [0.5, 0.6) is 0 Å². The van der Waals surface area contributed by atoms with Crippen molar-refractivity contribution in [3.63, 3.8) is 0 Å². The molecule has 1 heterocycles. The van der Waals surface area contributed by atoms with Crippen LogP contribution in [-0.2, 0) is 11.2 Å². The molecule has 0 unspecified atom stereocenters. The summed E-state index contributed by atoms with van der Waals surface area (Å²) in [6.07, 6.45) is 1.13. The van der Waals surface area contributed by atoms with E-state index in [9.17, 15) is 4.79 Å². The van der Waals surface area contributed by atoms with Gasteiger partial charge in [0.25, 0.3) is 0 Å². The van der Waals surface area contributed by atoms with Gasteiger partial charge in [-0.2, -0.15) is 0 Å². The molecule has 0 amide bonds. The normalized spacial score (nSPS) is 10.2. The fraction of sp³-hybridized carbons (Fsp3) is 0.0833. The van der Waals surface area contributed by atoms with E-state index in [2.05, 4.69) is 0 Å². The Morgan fingerprint density at radius 2 is 2.13 bits per heavy atom. The molecule has 0 aliphatic carbocycles. The van der Waals surface area contributed by atoms with Crippen LogP contribution in [0.1, 0.15) is 5.76 Å². The maximum atomic E-state index is 10.3. The van der Waals surface area contributed by atoms with Crippen molar-refractivity contribution in [2.45, 2.75) is 6.42 Å². The third-order valence-electron chi connectivity index (χ3n) is 2.06. The molecule has 3 heteroatoms. The van der Waals surface area contributed by atoms with Crippen molar-refractivity contribution >= 4 is 17.9 Å². The Hall–Kier alpha value is -1.54. The highest BCUT2D eigenvalue weighted by Crippen LogP contribution is 2.24. The SMILES string of the molecule is O=CCc1ccc(-c2cccc(Cl)c2)o1. The Morgan fingerprint density at radius 1 is 1.27 bits per heavy atom. The molecule has 0 fully saturated rings. The number of carbonyl (C=O) groups excluding carboxylic acids is 1. The van der Waals surface area contributed by atoms with E-state index in [1.54, 1.807) is 12.1 Å². The average Bonchev–Trinajstić information content (AvgIpc) is 2.67. The Balaban J connectivity index is 2.32. The number of benzene rings is 1. The van der Waals surface area contributed by atoms with E-state index in [1.807, 2.05) is 24.3 Å². The number of rotatable bonds is 3. The standard InChI is InChI=1S/C12H9ClO2/c13-10-3-1-2-9(8-10)12-5-4-11(15-12)6-7-14/h1-5,7-8H,6H2. The van der Waals surface area contributed by atoms with Crippen molar-refractivity contribution in [3.8, 4) is 11.3 Å². The molecule has 0 spiro atoms. The summed E-state index contributed by atoms with van der Waals surface area (Å²) in [5, 5.41) is 0.667. The Bertz CT molecular complexity index is 474. The van der Waals surface area contributed by atoms with Crippen molar-refractivity contribution in [1.29, 1.82) is 0 Å². The Morgan fingerprint density at radius 3 is 2.87 bits per heavy atom. The van der Waals surface area contributed by atoms with Crippen molar-refractivity contribution in [1.82, 2.24) is 0 Å². The second-order valence-electron chi connectivity index (χ2n) is 3.15. The number of carbonyl (C=O) groups is 1. The first kappa shape index (κ1) is 9.99. The molecular formula is C12H9ClO2. The van der Waals surface area contributed by atoms with Crippen LogP contribution in [0.3, 0.4) is 0 Å². The number of hydrogen-bond acceptors (Lipinski definition) is 2. The zero-order chi connectivity index (χ0) is 10.7. The fourth-order valence-electron chi connectivity index (χ4n) is 1.37. The van der Waals surface area contributed by atoms with Crippen molar-refractivity contribution in [2.75, 3.05) is 0 Å². The minimum atomic E-state index is 0.306. The van der Waals surface area contributed by atoms with Gasteiger partial charge in [-0.15, -0.1) is 0 Å². The minimum Gasteiger partial charge on any atom is -0.461 e. The van der Waals surface area contributed by atoms with E-state index >= 15 is 0 Å². The third-order valence-corrected chi connectivity index (χ3v) is 2.29. The summed E-state index contributed by atoms with van der Waals surface area (Å²) in [4.78, 5) is 10.3. The van der Waals surface area contributed by atoms with Gasteiger partial charge in [0.1, 0.15) is 17.8 Å². The largest absolute Gasteiger partial charge is 0.461 e. The van der Waals surface area contributed by atoms with Gasteiger partial charge in [0.2, 0.25) is 0 Å². The van der Waals surface area contributed by atoms with Crippen LogP contribution < -0.4 is 0 Å². The molecule has 0 aliphatic rings. The lowest BCUT2D eigenvalue weighted by Gasteiger charge is -1.96. The third kappa shape index (κ3) is 2.28. The molecule has 0 saturated carbocycles. The molecule has 0 atom stereocenters. The number of hydrogen-bond donors (Lipinski definition) is 0. The molecule has 0 saturated heterocycles. The van der Waals surface area contributed by atoms with Crippen LogP contribution in [-0.4, -0.2) is 6.29 Å². The maximum Gasteiger partial charge on any atom is 0.134 e. The summed E-state index contributed by atoms with van der Waals surface area (Å²) in [6, 6.07) is 11.0. The monoisotopic (exact) mass is 220 g/mol. The molecule has 2 rings (SSSR count). The highest BCUT2D eigenvalue weighted by atomic mass is 35.5. The summed E-state index contributed by atoms with van der Waals surface area (Å²) in [5.74, 6) is 1.40. The first-order valence-electron chi connectivity index (χ1n) is 4.58. The zero-order valence-corrected chi connectivity index (χ0v) is 8.70. The first-order valence-corrected chi connectivity index (χ1v) is 4.95. The van der Waals surface area contributed by atoms with Crippen LogP contribution in [0.15, 0.2) is 40.8 Å². The molecule has 15 heavy (non-hydrogen) atoms. The quantitative estimate of drug-likeness (QED) is 0.743. The van der Waals surface area contributed by atoms with Gasteiger partial charge >= 0.3 is 0 Å². The molecule has 1 aromatic carbocycles. The topological polar surface area (TPSA) is 30.2 Å². The van der Waals surface area contributed by atoms with E-state index in [1.165, 1.54) is 0 Å². The highest BCUT2D eigenvalue weighted by Gasteiger charge is 2.04. The molecule has 1 aromatic heterocycles. The van der Waals surface area contributed by atoms with Gasteiger partial charge in [0, 0.05) is 10.6 Å². The van der Waals surface area contributed by atoms with Gasteiger partial charge in [0.15, 0.2) is 0 Å². The number of furan rings is 1. The van der Waals surface area contributed by atoms with Gasteiger partial charge in [-0.05, 0) is 24.3 Å². The second-order valence-corrected chi connectivity index (χ2v) is 3.58. The Kier molecular flexibility index (Phi) is 2.88.